The van der Waals surface area contributed by atoms with Crippen molar-refractivity contribution in [2.45, 2.75) is 64.5 Å². The number of piperidine rings is 1. The Morgan fingerprint density at radius 3 is 2.84 bits per heavy atom. The standard InChI is InChI=1S/C21H32N2O2/c1-21(2,3)25-20(24)22-14-16-8-7-13-23(15-16)19-12-6-10-17-9-4-5-11-18(17)19/h4-5,9,11,16,19H,6-8,10,12-15H2,1-3H3,(H,22,24)/t16-,19+/m1/s1. The first-order valence-corrected chi connectivity index (χ1v) is 9.71. The van der Waals surface area contributed by atoms with Gasteiger partial charge >= 0.3 is 6.09 Å². The molecule has 1 aliphatic heterocycles. The van der Waals surface area contributed by atoms with Crippen LogP contribution in [0, 0.1) is 5.92 Å². The Labute approximate surface area is 151 Å². The zero-order valence-corrected chi connectivity index (χ0v) is 15.9. The van der Waals surface area contributed by atoms with Crippen LogP contribution in [0.15, 0.2) is 24.3 Å². The van der Waals surface area contributed by atoms with Gasteiger partial charge < -0.3 is 10.1 Å². The molecule has 0 unspecified atom stereocenters. The number of fused-ring (bicyclic) bond motifs is 1. The highest BCUT2D eigenvalue weighted by Crippen LogP contribution is 2.36. The van der Waals surface area contributed by atoms with Crippen molar-refractivity contribution >= 4 is 6.09 Å². The third-order valence-electron chi connectivity index (χ3n) is 5.26. The van der Waals surface area contributed by atoms with Crippen LogP contribution in [-0.4, -0.2) is 36.2 Å². The van der Waals surface area contributed by atoms with E-state index < -0.39 is 5.60 Å². The molecule has 0 saturated carbocycles. The van der Waals surface area contributed by atoms with E-state index in [0.717, 1.165) is 6.54 Å². The number of carbonyl (C=O) groups is 1. The molecule has 138 valence electrons. The lowest BCUT2D eigenvalue weighted by atomic mass is 9.85. The Morgan fingerprint density at radius 2 is 2.04 bits per heavy atom. The van der Waals surface area contributed by atoms with E-state index in [4.69, 9.17) is 4.74 Å². The summed E-state index contributed by atoms with van der Waals surface area (Å²) < 4.78 is 5.35. The third-order valence-corrected chi connectivity index (χ3v) is 5.26. The minimum Gasteiger partial charge on any atom is -0.444 e. The lowest BCUT2D eigenvalue weighted by molar-refractivity contribution is 0.0496. The molecular formula is C21H32N2O2. The van der Waals surface area contributed by atoms with E-state index >= 15 is 0 Å². The SMILES string of the molecule is CC(C)(C)OC(=O)NC[C@H]1CCCN([C@H]2CCCc3ccccc32)C1. The first-order chi connectivity index (χ1) is 11.9. The molecular weight excluding hydrogens is 312 g/mol. The van der Waals surface area contributed by atoms with E-state index in [1.165, 1.54) is 49.8 Å². The Morgan fingerprint density at radius 1 is 1.24 bits per heavy atom. The molecule has 25 heavy (non-hydrogen) atoms. The number of rotatable bonds is 3. The Hall–Kier alpha value is -1.55. The summed E-state index contributed by atoms with van der Waals surface area (Å²) in [5.41, 5.74) is 2.61. The van der Waals surface area contributed by atoms with Gasteiger partial charge in [0.25, 0.3) is 0 Å². The zero-order chi connectivity index (χ0) is 17.9. The van der Waals surface area contributed by atoms with Crippen LogP contribution in [0.2, 0.25) is 0 Å². The number of hydrogen-bond donors (Lipinski definition) is 1. The predicted octanol–water partition coefficient (Wildman–Crippen LogP) is 4.30. The number of hydrogen-bond acceptors (Lipinski definition) is 3. The van der Waals surface area contributed by atoms with Crippen molar-refractivity contribution in [3.05, 3.63) is 35.4 Å². The van der Waals surface area contributed by atoms with Crippen molar-refractivity contribution in [1.29, 1.82) is 0 Å². The van der Waals surface area contributed by atoms with Gasteiger partial charge in [0.15, 0.2) is 0 Å². The smallest absolute Gasteiger partial charge is 0.407 e. The van der Waals surface area contributed by atoms with Crippen molar-refractivity contribution in [3.8, 4) is 0 Å². The molecule has 1 fully saturated rings. The van der Waals surface area contributed by atoms with Crippen LogP contribution in [0.3, 0.4) is 0 Å². The molecule has 2 atom stereocenters. The van der Waals surface area contributed by atoms with Crippen LogP contribution in [0.25, 0.3) is 0 Å². The van der Waals surface area contributed by atoms with Gasteiger partial charge in [-0.1, -0.05) is 24.3 Å². The minimum atomic E-state index is -0.436. The molecule has 0 aromatic heterocycles. The number of ether oxygens (including phenoxy) is 1. The number of carbonyl (C=O) groups excluding carboxylic acids is 1. The second-order valence-electron chi connectivity index (χ2n) is 8.49. The number of alkyl carbamates (subject to hydrolysis) is 1. The molecule has 2 aliphatic rings. The molecule has 1 aromatic carbocycles. The molecule has 1 N–H and O–H groups in total. The maximum Gasteiger partial charge on any atom is 0.407 e. The molecule has 0 radical (unpaired) electrons. The van der Waals surface area contributed by atoms with E-state index in [0.29, 0.717) is 18.5 Å². The Balaban J connectivity index is 1.56. The first-order valence-electron chi connectivity index (χ1n) is 9.71. The van der Waals surface area contributed by atoms with Crippen LogP contribution in [0.5, 0.6) is 0 Å². The highest BCUT2D eigenvalue weighted by molar-refractivity contribution is 5.67. The Bertz CT molecular complexity index is 594. The number of nitrogens with zero attached hydrogens (tertiary/aromatic N) is 1. The van der Waals surface area contributed by atoms with Gasteiger partial charge in [-0.3, -0.25) is 4.90 Å². The maximum atomic E-state index is 11.9. The average molecular weight is 344 g/mol. The number of likely N-dealkylation sites (tertiary alicyclic amines) is 1. The highest BCUT2D eigenvalue weighted by Gasteiger charge is 2.30. The van der Waals surface area contributed by atoms with Crippen LogP contribution >= 0.6 is 0 Å². The molecule has 4 nitrogen and oxygen atoms in total. The molecule has 1 saturated heterocycles. The second-order valence-corrected chi connectivity index (χ2v) is 8.49. The fraction of sp³-hybridized carbons (Fsp3) is 0.667. The lowest BCUT2D eigenvalue weighted by Gasteiger charge is -2.41. The fourth-order valence-corrected chi connectivity index (χ4v) is 4.20. The molecule has 0 bridgehead atoms. The van der Waals surface area contributed by atoms with Crippen molar-refractivity contribution < 1.29 is 9.53 Å². The second kappa shape index (κ2) is 7.77. The predicted molar refractivity (Wildman–Crippen MR) is 101 cm³/mol. The fourth-order valence-electron chi connectivity index (χ4n) is 4.20. The summed E-state index contributed by atoms with van der Waals surface area (Å²) in [4.78, 5) is 14.5. The maximum absolute atomic E-state index is 11.9. The van der Waals surface area contributed by atoms with Crippen molar-refractivity contribution in [2.24, 2.45) is 5.92 Å². The van der Waals surface area contributed by atoms with Crippen LogP contribution in [0.1, 0.15) is 63.6 Å². The monoisotopic (exact) mass is 344 g/mol. The Kier molecular flexibility index (Phi) is 5.67. The molecule has 1 heterocycles. The summed E-state index contributed by atoms with van der Waals surface area (Å²) in [6, 6.07) is 9.47. The van der Waals surface area contributed by atoms with Crippen molar-refractivity contribution in [2.75, 3.05) is 19.6 Å². The molecule has 1 aliphatic carbocycles. The van der Waals surface area contributed by atoms with E-state index in [1.807, 2.05) is 20.8 Å². The quantitative estimate of drug-likeness (QED) is 0.889. The summed E-state index contributed by atoms with van der Waals surface area (Å²) in [5, 5.41) is 2.96. The third kappa shape index (κ3) is 4.97. The van der Waals surface area contributed by atoms with E-state index in [9.17, 15) is 4.79 Å². The van der Waals surface area contributed by atoms with Gasteiger partial charge in [0.05, 0.1) is 0 Å². The largest absolute Gasteiger partial charge is 0.444 e. The van der Waals surface area contributed by atoms with E-state index in [1.54, 1.807) is 0 Å². The van der Waals surface area contributed by atoms with Gasteiger partial charge in [-0.05, 0) is 76.5 Å². The molecule has 3 rings (SSSR count). The molecule has 4 heteroatoms. The molecule has 1 amide bonds. The minimum absolute atomic E-state index is 0.298. The lowest BCUT2D eigenvalue weighted by Crippen LogP contribution is -2.44. The summed E-state index contributed by atoms with van der Waals surface area (Å²) in [5.74, 6) is 0.510. The van der Waals surface area contributed by atoms with Crippen molar-refractivity contribution in [3.63, 3.8) is 0 Å². The van der Waals surface area contributed by atoms with E-state index in [2.05, 4.69) is 34.5 Å². The number of aryl methyl sites for hydroxylation is 1. The number of benzene rings is 1. The topological polar surface area (TPSA) is 41.6 Å². The number of amides is 1. The van der Waals surface area contributed by atoms with Gasteiger partial charge in [-0.25, -0.2) is 4.79 Å². The van der Waals surface area contributed by atoms with Gasteiger partial charge in [0.1, 0.15) is 5.60 Å². The van der Waals surface area contributed by atoms with Gasteiger partial charge in [0, 0.05) is 19.1 Å². The average Bonchev–Trinajstić information content (AvgIpc) is 2.58. The van der Waals surface area contributed by atoms with Crippen LogP contribution in [-0.2, 0) is 11.2 Å². The molecule has 1 aromatic rings. The summed E-state index contributed by atoms with van der Waals surface area (Å²) in [6.45, 7) is 8.64. The van der Waals surface area contributed by atoms with Crippen LogP contribution < -0.4 is 5.32 Å². The van der Waals surface area contributed by atoms with Crippen LogP contribution in [0.4, 0.5) is 4.79 Å². The van der Waals surface area contributed by atoms with Crippen molar-refractivity contribution in [1.82, 2.24) is 10.2 Å². The zero-order valence-electron chi connectivity index (χ0n) is 15.9. The van der Waals surface area contributed by atoms with Gasteiger partial charge in [0.2, 0.25) is 0 Å². The van der Waals surface area contributed by atoms with Gasteiger partial charge in [-0.15, -0.1) is 0 Å². The summed E-state index contributed by atoms with van der Waals surface area (Å²) in [6.07, 6.45) is 5.83. The first kappa shape index (κ1) is 18.2. The van der Waals surface area contributed by atoms with Gasteiger partial charge in [-0.2, -0.15) is 0 Å². The normalized spacial score (nSPS) is 24.4. The number of nitrogens with one attached hydrogen (secondary N) is 1. The summed E-state index contributed by atoms with van der Waals surface area (Å²) in [7, 11) is 0. The van der Waals surface area contributed by atoms with E-state index in [-0.39, 0.29) is 6.09 Å². The highest BCUT2D eigenvalue weighted by atomic mass is 16.6. The molecule has 0 spiro atoms. The summed E-state index contributed by atoms with van der Waals surface area (Å²) >= 11 is 0.